The molecule has 0 aliphatic rings. The predicted octanol–water partition coefficient (Wildman–Crippen LogP) is 0.335. The molecule has 0 fully saturated rings. The number of ether oxygens (including phenoxy) is 1. The van der Waals surface area contributed by atoms with Crippen LogP contribution in [0.5, 0.6) is 0 Å². The highest BCUT2D eigenvalue weighted by atomic mass is 32.2. The number of aliphatic hydroxyl groups excluding tert-OH is 1. The number of aliphatic hydroxyl groups is 1. The van der Waals surface area contributed by atoms with E-state index in [4.69, 9.17) is 5.11 Å². The van der Waals surface area contributed by atoms with Crippen LogP contribution in [0.1, 0.15) is 12.5 Å². The van der Waals surface area contributed by atoms with Gasteiger partial charge in [-0.3, -0.25) is 9.52 Å². The summed E-state index contributed by atoms with van der Waals surface area (Å²) in [6, 6.07) is 6.33. The van der Waals surface area contributed by atoms with Gasteiger partial charge in [0.25, 0.3) is 0 Å². The minimum atomic E-state index is -3.82. The van der Waals surface area contributed by atoms with Crippen molar-refractivity contribution in [3.05, 3.63) is 29.8 Å². The van der Waals surface area contributed by atoms with Crippen LogP contribution in [0.15, 0.2) is 24.3 Å². The Morgan fingerprint density at radius 1 is 1.45 bits per heavy atom. The zero-order valence-electron chi connectivity index (χ0n) is 10.9. The second-order valence-electron chi connectivity index (χ2n) is 3.71. The molecule has 1 aromatic rings. The molecular weight excluding hydrogens is 282 g/mol. The van der Waals surface area contributed by atoms with Gasteiger partial charge in [0.1, 0.15) is 6.61 Å². The highest BCUT2D eigenvalue weighted by molar-refractivity contribution is 7.93. The number of nitrogens with one attached hydrogen (secondary N) is 1. The summed E-state index contributed by atoms with van der Waals surface area (Å²) in [6.45, 7) is 1.45. The first-order chi connectivity index (χ1) is 9.46. The van der Waals surface area contributed by atoms with Gasteiger partial charge in [-0.25, -0.2) is 8.42 Å². The van der Waals surface area contributed by atoms with Crippen LogP contribution in [0.3, 0.4) is 0 Å². The fourth-order valence-corrected chi connectivity index (χ4v) is 2.33. The average Bonchev–Trinajstić information content (AvgIpc) is 2.35. The van der Waals surface area contributed by atoms with Crippen LogP contribution in [-0.2, 0) is 19.6 Å². The maximum Gasteiger partial charge on any atom is 0.323 e. The average molecular weight is 297 g/mol. The molecule has 0 heterocycles. The molecule has 6 nitrogen and oxygen atoms in total. The number of benzene rings is 1. The van der Waals surface area contributed by atoms with E-state index in [1.54, 1.807) is 19.1 Å². The molecule has 0 radical (unpaired) electrons. The van der Waals surface area contributed by atoms with Crippen molar-refractivity contribution in [2.24, 2.45) is 0 Å². The number of anilines is 1. The summed E-state index contributed by atoms with van der Waals surface area (Å²) in [5.74, 6) is 3.56. The Morgan fingerprint density at radius 3 is 2.85 bits per heavy atom. The summed E-state index contributed by atoms with van der Waals surface area (Å²) in [6.07, 6.45) is 0. The molecule has 0 aliphatic carbocycles. The summed E-state index contributed by atoms with van der Waals surface area (Å²) in [5, 5.41) is 8.60. The van der Waals surface area contributed by atoms with Gasteiger partial charge >= 0.3 is 5.97 Å². The normalized spacial score (nSPS) is 10.3. The summed E-state index contributed by atoms with van der Waals surface area (Å²) < 4.78 is 30.3. The maximum atomic E-state index is 11.7. The van der Waals surface area contributed by atoms with Gasteiger partial charge in [0.05, 0.1) is 6.61 Å². The molecule has 0 saturated heterocycles. The van der Waals surface area contributed by atoms with Crippen LogP contribution < -0.4 is 4.72 Å². The van der Waals surface area contributed by atoms with Gasteiger partial charge in [-0.2, -0.15) is 0 Å². The first-order valence-corrected chi connectivity index (χ1v) is 7.48. The summed E-state index contributed by atoms with van der Waals surface area (Å²) in [4.78, 5) is 11.2. The van der Waals surface area contributed by atoms with Crippen molar-refractivity contribution in [3.8, 4) is 11.8 Å². The first-order valence-electron chi connectivity index (χ1n) is 5.82. The molecular formula is C13H15NO5S. The third-order valence-electron chi connectivity index (χ3n) is 2.06. The molecule has 0 spiro atoms. The van der Waals surface area contributed by atoms with Gasteiger partial charge in [0.2, 0.25) is 10.0 Å². The summed E-state index contributed by atoms with van der Waals surface area (Å²) in [5.41, 5.74) is 0.842. The minimum Gasteiger partial charge on any atom is -0.465 e. The number of carbonyl (C=O) groups excluding carboxylic acids is 1. The van der Waals surface area contributed by atoms with E-state index in [-0.39, 0.29) is 13.2 Å². The Balaban J connectivity index is 2.79. The van der Waals surface area contributed by atoms with E-state index in [0.717, 1.165) is 0 Å². The van der Waals surface area contributed by atoms with Crippen LogP contribution in [0, 0.1) is 11.8 Å². The molecule has 0 aliphatic heterocycles. The fraction of sp³-hybridized carbons (Fsp3) is 0.308. The van der Waals surface area contributed by atoms with Crippen molar-refractivity contribution in [1.82, 2.24) is 0 Å². The molecule has 0 amide bonds. The van der Waals surface area contributed by atoms with E-state index in [1.165, 1.54) is 12.1 Å². The van der Waals surface area contributed by atoms with Gasteiger partial charge in [-0.15, -0.1) is 0 Å². The number of carbonyl (C=O) groups is 1. The number of rotatable bonds is 5. The Hall–Kier alpha value is -2.04. The Kier molecular flexibility index (Phi) is 6.03. The SMILES string of the molecule is CCOC(=O)CS(=O)(=O)Nc1cccc(C#CCO)c1. The van der Waals surface area contributed by atoms with E-state index in [2.05, 4.69) is 21.3 Å². The van der Waals surface area contributed by atoms with Gasteiger partial charge in [0, 0.05) is 11.3 Å². The van der Waals surface area contributed by atoms with Crippen molar-refractivity contribution in [1.29, 1.82) is 0 Å². The number of hydrogen-bond donors (Lipinski definition) is 2. The zero-order chi connectivity index (χ0) is 15.0. The molecule has 0 saturated carbocycles. The number of esters is 1. The molecule has 0 aromatic heterocycles. The Morgan fingerprint density at radius 2 is 2.20 bits per heavy atom. The van der Waals surface area contributed by atoms with Crippen LogP contribution in [0.25, 0.3) is 0 Å². The molecule has 2 N–H and O–H groups in total. The lowest BCUT2D eigenvalue weighted by molar-refractivity contribution is -0.139. The summed E-state index contributed by atoms with van der Waals surface area (Å²) in [7, 11) is -3.82. The second kappa shape index (κ2) is 7.53. The molecule has 0 atom stereocenters. The van der Waals surface area contributed by atoms with Crippen molar-refractivity contribution < 1.29 is 23.1 Å². The molecule has 1 rings (SSSR count). The lowest BCUT2D eigenvalue weighted by atomic mass is 10.2. The van der Waals surface area contributed by atoms with Crippen molar-refractivity contribution >= 4 is 21.7 Å². The van der Waals surface area contributed by atoms with Gasteiger partial charge in [0.15, 0.2) is 5.75 Å². The highest BCUT2D eigenvalue weighted by Gasteiger charge is 2.17. The lowest BCUT2D eigenvalue weighted by Crippen LogP contribution is -2.24. The maximum absolute atomic E-state index is 11.7. The quantitative estimate of drug-likeness (QED) is 0.604. The largest absolute Gasteiger partial charge is 0.465 e. The minimum absolute atomic E-state index is 0.126. The number of sulfonamides is 1. The van der Waals surface area contributed by atoms with E-state index >= 15 is 0 Å². The first kappa shape index (κ1) is 16.0. The lowest BCUT2D eigenvalue weighted by Gasteiger charge is -2.07. The molecule has 7 heteroatoms. The monoisotopic (exact) mass is 297 g/mol. The van der Waals surface area contributed by atoms with E-state index in [0.29, 0.717) is 11.3 Å². The van der Waals surface area contributed by atoms with Crippen molar-refractivity contribution in [3.63, 3.8) is 0 Å². The summed E-state index contributed by atoms with van der Waals surface area (Å²) >= 11 is 0. The molecule has 0 unspecified atom stereocenters. The molecule has 1 aromatic carbocycles. The Labute approximate surface area is 117 Å². The van der Waals surface area contributed by atoms with E-state index in [1.807, 2.05) is 0 Å². The van der Waals surface area contributed by atoms with Crippen LogP contribution in [0.4, 0.5) is 5.69 Å². The van der Waals surface area contributed by atoms with Crippen LogP contribution in [0.2, 0.25) is 0 Å². The smallest absolute Gasteiger partial charge is 0.323 e. The van der Waals surface area contributed by atoms with Crippen molar-refractivity contribution in [2.75, 3.05) is 23.7 Å². The Bertz CT molecular complexity index is 628. The van der Waals surface area contributed by atoms with Gasteiger partial charge in [-0.05, 0) is 25.1 Å². The molecule has 0 bridgehead atoms. The molecule has 20 heavy (non-hydrogen) atoms. The van der Waals surface area contributed by atoms with Crippen LogP contribution in [-0.4, -0.2) is 38.5 Å². The third kappa shape index (κ3) is 5.73. The highest BCUT2D eigenvalue weighted by Crippen LogP contribution is 2.12. The predicted molar refractivity (Wildman–Crippen MR) is 74.4 cm³/mol. The second-order valence-corrected chi connectivity index (χ2v) is 5.43. The topological polar surface area (TPSA) is 92.7 Å². The number of hydrogen-bond acceptors (Lipinski definition) is 5. The molecule has 108 valence electrons. The fourth-order valence-electron chi connectivity index (χ4n) is 1.38. The standard InChI is InChI=1S/C13H15NO5S/c1-2-19-13(16)10-20(17,18)14-12-7-3-5-11(9-12)6-4-8-15/h3,5,7,9,14-15H,2,8,10H2,1H3. The van der Waals surface area contributed by atoms with Crippen LogP contribution >= 0.6 is 0 Å². The zero-order valence-corrected chi connectivity index (χ0v) is 11.7. The third-order valence-corrected chi connectivity index (χ3v) is 3.22. The van der Waals surface area contributed by atoms with E-state index in [9.17, 15) is 13.2 Å². The van der Waals surface area contributed by atoms with Gasteiger partial charge < -0.3 is 9.84 Å². The van der Waals surface area contributed by atoms with Crippen molar-refractivity contribution in [2.45, 2.75) is 6.92 Å². The van der Waals surface area contributed by atoms with E-state index < -0.39 is 21.7 Å². The van der Waals surface area contributed by atoms with Gasteiger partial charge in [-0.1, -0.05) is 17.9 Å².